The van der Waals surface area contributed by atoms with Crippen LogP contribution in [-0.4, -0.2) is 37.3 Å². The lowest BCUT2D eigenvalue weighted by atomic mass is 10.00. The summed E-state index contributed by atoms with van der Waals surface area (Å²) in [5, 5.41) is 2.95. The molecular formula is C13H15Cl3F4N2. The maximum absolute atomic E-state index is 14.1. The third-order valence-corrected chi connectivity index (χ3v) is 4.25. The van der Waals surface area contributed by atoms with Crippen LogP contribution in [0, 0.1) is 5.82 Å². The Bertz CT molecular complexity index is 505. The molecule has 1 aliphatic rings. The van der Waals surface area contributed by atoms with Crippen molar-refractivity contribution in [3.8, 4) is 0 Å². The Balaban J connectivity index is 0.00000242. The van der Waals surface area contributed by atoms with Gasteiger partial charge in [-0.2, -0.15) is 13.2 Å². The molecule has 2 rings (SSSR count). The summed E-state index contributed by atoms with van der Waals surface area (Å²) in [4.78, 5) is 1.59. The van der Waals surface area contributed by atoms with E-state index < -0.39 is 24.5 Å². The number of nitrogens with zero attached hydrogens (tertiary/aromatic N) is 1. The van der Waals surface area contributed by atoms with E-state index in [1.165, 1.54) is 6.07 Å². The van der Waals surface area contributed by atoms with Gasteiger partial charge in [-0.15, -0.1) is 12.4 Å². The van der Waals surface area contributed by atoms with Crippen molar-refractivity contribution in [3.63, 3.8) is 0 Å². The molecule has 0 radical (unpaired) electrons. The predicted molar refractivity (Wildman–Crippen MR) is 81.5 cm³/mol. The first-order chi connectivity index (χ1) is 9.79. The first kappa shape index (κ1) is 19.8. The highest BCUT2D eigenvalue weighted by atomic mass is 35.5. The summed E-state index contributed by atoms with van der Waals surface area (Å²) in [6.45, 7) is 1.88. The SMILES string of the molecule is Cl.Fc1ccc(Cl)c(Cl)c1[C@@H](CC(F)(F)F)N1CCNCC1. The molecule has 1 saturated heterocycles. The molecule has 0 bridgehead atoms. The van der Waals surface area contributed by atoms with Gasteiger partial charge < -0.3 is 5.32 Å². The molecule has 0 aromatic heterocycles. The summed E-state index contributed by atoms with van der Waals surface area (Å²) >= 11 is 11.8. The van der Waals surface area contributed by atoms with E-state index in [4.69, 9.17) is 23.2 Å². The summed E-state index contributed by atoms with van der Waals surface area (Å²) in [7, 11) is 0. The lowest BCUT2D eigenvalue weighted by Gasteiger charge is -2.36. The van der Waals surface area contributed by atoms with Crippen molar-refractivity contribution in [3.05, 3.63) is 33.6 Å². The molecule has 2 nitrogen and oxygen atoms in total. The average Bonchev–Trinajstić information content (AvgIpc) is 2.42. The summed E-state index contributed by atoms with van der Waals surface area (Å²) in [6.07, 6.45) is -5.59. The maximum atomic E-state index is 14.1. The molecule has 1 aromatic carbocycles. The van der Waals surface area contributed by atoms with Crippen LogP contribution in [0.1, 0.15) is 18.0 Å². The number of hydrogen-bond acceptors (Lipinski definition) is 2. The first-order valence-corrected chi connectivity index (χ1v) is 7.20. The van der Waals surface area contributed by atoms with E-state index >= 15 is 0 Å². The Morgan fingerprint density at radius 3 is 2.32 bits per heavy atom. The topological polar surface area (TPSA) is 15.3 Å². The maximum Gasteiger partial charge on any atom is 0.390 e. The normalized spacial score (nSPS) is 17.9. The highest BCUT2D eigenvalue weighted by Gasteiger charge is 2.38. The van der Waals surface area contributed by atoms with Crippen molar-refractivity contribution >= 4 is 35.6 Å². The predicted octanol–water partition coefficient (Wildman–Crippen LogP) is 4.45. The summed E-state index contributed by atoms with van der Waals surface area (Å²) in [6, 6.07) is 1.12. The number of halogens is 7. The number of benzene rings is 1. The second-order valence-corrected chi connectivity index (χ2v) is 5.66. The van der Waals surface area contributed by atoms with Gasteiger partial charge in [-0.05, 0) is 12.1 Å². The highest BCUT2D eigenvalue weighted by Crippen LogP contribution is 2.40. The Kier molecular flexibility index (Phi) is 7.20. The van der Waals surface area contributed by atoms with Gasteiger partial charge in [0.25, 0.3) is 0 Å². The minimum Gasteiger partial charge on any atom is -0.314 e. The van der Waals surface area contributed by atoms with Crippen LogP contribution in [0.3, 0.4) is 0 Å². The van der Waals surface area contributed by atoms with Crippen molar-refractivity contribution < 1.29 is 17.6 Å². The zero-order valence-corrected chi connectivity index (χ0v) is 13.7. The van der Waals surface area contributed by atoms with Gasteiger partial charge in [0, 0.05) is 37.8 Å². The van der Waals surface area contributed by atoms with Crippen molar-refractivity contribution in [2.45, 2.75) is 18.6 Å². The van der Waals surface area contributed by atoms with E-state index in [2.05, 4.69) is 5.32 Å². The van der Waals surface area contributed by atoms with Crippen molar-refractivity contribution in [1.82, 2.24) is 10.2 Å². The van der Waals surface area contributed by atoms with Crippen LogP contribution in [0.25, 0.3) is 0 Å². The monoisotopic (exact) mass is 380 g/mol. The lowest BCUT2D eigenvalue weighted by Crippen LogP contribution is -2.46. The lowest BCUT2D eigenvalue weighted by molar-refractivity contribution is -0.149. The number of alkyl halides is 3. The van der Waals surface area contributed by atoms with Crippen LogP contribution < -0.4 is 5.32 Å². The van der Waals surface area contributed by atoms with Crippen LogP contribution in [0.2, 0.25) is 10.0 Å². The molecular weight excluding hydrogens is 367 g/mol. The Hall–Kier alpha value is -0.270. The van der Waals surface area contributed by atoms with Gasteiger partial charge >= 0.3 is 6.18 Å². The number of nitrogens with one attached hydrogen (secondary N) is 1. The van der Waals surface area contributed by atoms with E-state index in [1.807, 2.05) is 0 Å². The van der Waals surface area contributed by atoms with Gasteiger partial charge in [0.05, 0.1) is 16.5 Å². The molecule has 22 heavy (non-hydrogen) atoms. The Labute approximate surface area is 142 Å². The fraction of sp³-hybridized carbons (Fsp3) is 0.538. The number of rotatable bonds is 3. The standard InChI is InChI=1S/C13H14Cl2F4N2.ClH/c14-8-1-2-9(16)11(12(8)15)10(7-13(17,18)19)21-5-3-20-4-6-21;/h1-2,10,20H,3-7H2;1H/t10-;/m1./s1. The molecule has 0 unspecified atom stereocenters. The fourth-order valence-corrected chi connectivity index (χ4v) is 2.92. The second kappa shape index (κ2) is 8.02. The molecule has 1 aromatic rings. The van der Waals surface area contributed by atoms with Crippen molar-refractivity contribution in [2.24, 2.45) is 0 Å². The minimum atomic E-state index is -4.42. The minimum absolute atomic E-state index is 0. The largest absolute Gasteiger partial charge is 0.390 e. The molecule has 1 N–H and O–H groups in total. The van der Waals surface area contributed by atoms with Gasteiger partial charge in [0.15, 0.2) is 0 Å². The molecule has 0 saturated carbocycles. The van der Waals surface area contributed by atoms with Crippen LogP contribution in [0.4, 0.5) is 17.6 Å². The molecule has 0 amide bonds. The van der Waals surface area contributed by atoms with Gasteiger partial charge in [-0.1, -0.05) is 23.2 Å². The molecule has 1 heterocycles. The molecule has 1 aliphatic heterocycles. The van der Waals surface area contributed by atoms with E-state index in [0.29, 0.717) is 26.2 Å². The summed E-state index contributed by atoms with van der Waals surface area (Å²) in [5.74, 6) is -0.766. The smallest absolute Gasteiger partial charge is 0.314 e. The van der Waals surface area contributed by atoms with Crippen molar-refractivity contribution in [2.75, 3.05) is 26.2 Å². The summed E-state index contributed by atoms with van der Waals surface area (Å²) in [5.41, 5.74) is -0.177. The second-order valence-electron chi connectivity index (χ2n) is 4.88. The third kappa shape index (κ3) is 4.86. The number of hydrogen-bond donors (Lipinski definition) is 1. The van der Waals surface area contributed by atoms with Gasteiger partial charge in [0.1, 0.15) is 5.82 Å². The van der Waals surface area contributed by atoms with Crippen LogP contribution in [0.15, 0.2) is 12.1 Å². The molecule has 1 fully saturated rings. The van der Waals surface area contributed by atoms with Crippen LogP contribution in [-0.2, 0) is 0 Å². The quantitative estimate of drug-likeness (QED) is 0.614. The first-order valence-electron chi connectivity index (χ1n) is 6.44. The van der Waals surface area contributed by atoms with Gasteiger partial charge in [-0.3, -0.25) is 4.90 Å². The zero-order chi connectivity index (χ0) is 15.6. The third-order valence-electron chi connectivity index (χ3n) is 3.43. The Morgan fingerprint density at radius 2 is 1.77 bits per heavy atom. The van der Waals surface area contributed by atoms with E-state index in [1.54, 1.807) is 4.90 Å². The average molecular weight is 382 g/mol. The van der Waals surface area contributed by atoms with Gasteiger partial charge in [-0.25, -0.2) is 4.39 Å². The van der Waals surface area contributed by atoms with Crippen LogP contribution in [0.5, 0.6) is 0 Å². The molecule has 126 valence electrons. The van der Waals surface area contributed by atoms with E-state index in [0.717, 1.165) is 6.07 Å². The summed E-state index contributed by atoms with van der Waals surface area (Å²) < 4.78 is 52.7. The zero-order valence-electron chi connectivity index (χ0n) is 11.4. The number of piperazine rings is 1. The Morgan fingerprint density at radius 1 is 1.18 bits per heavy atom. The highest BCUT2D eigenvalue weighted by molar-refractivity contribution is 6.42. The molecule has 1 atom stereocenters. The van der Waals surface area contributed by atoms with E-state index in [-0.39, 0.29) is 28.0 Å². The molecule has 9 heteroatoms. The molecule has 0 spiro atoms. The molecule has 0 aliphatic carbocycles. The van der Waals surface area contributed by atoms with Crippen molar-refractivity contribution in [1.29, 1.82) is 0 Å². The van der Waals surface area contributed by atoms with Crippen LogP contribution >= 0.6 is 35.6 Å². The fourth-order valence-electron chi connectivity index (χ4n) is 2.47. The van der Waals surface area contributed by atoms with E-state index in [9.17, 15) is 17.6 Å². The van der Waals surface area contributed by atoms with Gasteiger partial charge in [0.2, 0.25) is 0 Å².